The molecule has 3 nitrogen and oxygen atoms in total. The normalized spacial score (nSPS) is 10.1. The maximum Gasteiger partial charge on any atom is 0.126 e. The van der Waals surface area contributed by atoms with Gasteiger partial charge in [-0.3, -0.25) is 0 Å². The van der Waals surface area contributed by atoms with Crippen molar-refractivity contribution in [3.05, 3.63) is 53.6 Å². The van der Waals surface area contributed by atoms with Crippen LogP contribution in [0.3, 0.4) is 0 Å². The summed E-state index contributed by atoms with van der Waals surface area (Å²) < 4.78 is 11.0. The molecule has 0 aliphatic rings. The third kappa shape index (κ3) is 2.56. The Morgan fingerprint density at radius 1 is 1.00 bits per heavy atom. The van der Waals surface area contributed by atoms with Crippen LogP contribution >= 0.6 is 0 Å². The summed E-state index contributed by atoms with van der Waals surface area (Å²) in [5, 5.41) is 9.59. The molecule has 1 N–H and O–H groups in total. The lowest BCUT2D eigenvalue weighted by atomic mass is 10.2. The molecule has 0 aliphatic heterocycles. The number of phenolic OH excluding ortho intramolecular Hbond substituents is 1. The second-order valence-electron chi connectivity index (χ2n) is 4.00. The number of benzene rings is 2. The molecule has 0 aromatic heterocycles. The monoisotopic (exact) mass is 244 g/mol. The fourth-order valence-electron chi connectivity index (χ4n) is 1.74. The van der Waals surface area contributed by atoms with Crippen LogP contribution in [-0.4, -0.2) is 12.2 Å². The predicted octanol–water partition coefficient (Wildman–Crippen LogP) is 3.29. The fraction of sp³-hybridized carbons (Fsp3) is 0.200. The second-order valence-corrected chi connectivity index (χ2v) is 4.00. The van der Waals surface area contributed by atoms with Gasteiger partial charge in [-0.05, 0) is 25.1 Å². The third-order valence-electron chi connectivity index (χ3n) is 2.83. The second kappa shape index (κ2) is 5.45. The van der Waals surface area contributed by atoms with Crippen molar-refractivity contribution < 1.29 is 14.6 Å². The molecule has 2 rings (SSSR count). The summed E-state index contributed by atoms with van der Waals surface area (Å²) in [4.78, 5) is 0. The molecule has 18 heavy (non-hydrogen) atoms. The smallest absolute Gasteiger partial charge is 0.126 e. The first-order valence-electron chi connectivity index (χ1n) is 5.75. The molecule has 2 aromatic rings. The summed E-state index contributed by atoms with van der Waals surface area (Å²) in [6.07, 6.45) is 0. The van der Waals surface area contributed by atoms with Gasteiger partial charge in [-0.1, -0.05) is 24.3 Å². The molecule has 0 bridgehead atoms. The number of aromatic hydroxyl groups is 1. The Bertz CT molecular complexity index is 535. The number of phenols is 1. The first kappa shape index (κ1) is 12.3. The molecular weight excluding hydrogens is 228 g/mol. The van der Waals surface area contributed by atoms with Gasteiger partial charge in [0.25, 0.3) is 0 Å². The highest BCUT2D eigenvalue weighted by Gasteiger charge is 2.06. The van der Waals surface area contributed by atoms with Crippen LogP contribution in [0.15, 0.2) is 42.5 Å². The molecule has 0 radical (unpaired) electrons. The Labute approximate surface area is 107 Å². The quantitative estimate of drug-likeness (QED) is 0.897. The Morgan fingerprint density at radius 2 is 1.72 bits per heavy atom. The van der Waals surface area contributed by atoms with Gasteiger partial charge < -0.3 is 14.6 Å². The summed E-state index contributed by atoms with van der Waals surface area (Å²) in [5.74, 6) is 1.73. The number of ether oxygens (including phenoxy) is 2. The first-order valence-corrected chi connectivity index (χ1v) is 5.75. The van der Waals surface area contributed by atoms with E-state index < -0.39 is 0 Å². The van der Waals surface area contributed by atoms with Crippen molar-refractivity contribution in [2.45, 2.75) is 13.5 Å². The molecule has 0 aliphatic carbocycles. The van der Waals surface area contributed by atoms with E-state index >= 15 is 0 Å². The zero-order valence-electron chi connectivity index (χ0n) is 10.5. The minimum Gasteiger partial charge on any atom is -0.508 e. The number of hydrogen-bond acceptors (Lipinski definition) is 3. The predicted molar refractivity (Wildman–Crippen MR) is 70.2 cm³/mol. The van der Waals surface area contributed by atoms with E-state index in [1.165, 1.54) is 0 Å². The minimum atomic E-state index is 0.243. The SMILES string of the molecule is COc1ccccc1COc1cccc(O)c1C. The van der Waals surface area contributed by atoms with Crippen molar-refractivity contribution >= 4 is 0 Å². The van der Waals surface area contributed by atoms with Gasteiger partial charge in [0.2, 0.25) is 0 Å². The summed E-state index contributed by atoms with van der Waals surface area (Å²) in [5.41, 5.74) is 1.72. The van der Waals surface area contributed by atoms with E-state index in [9.17, 15) is 5.11 Å². The molecule has 0 unspecified atom stereocenters. The molecule has 3 heteroatoms. The fourth-order valence-corrected chi connectivity index (χ4v) is 1.74. The van der Waals surface area contributed by atoms with E-state index in [4.69, 9.17) is 9.47 Å². The molecule has 0 fully saturated rings. The van der Waals surface area contributed by atoms with Crippen LogP contribution in [0.1, 0.15) is 11.1 Å². The number of methoxy groups -OCH3 is 1. The van der Waals surface area contributed by atoms with E-state index in [1.54, 1.807) is 19.2 Å². The maximum atomic E-state index is 9.59. The number of para-hydroxylation sites is 1. The average Bonchev–Trinajstić information content (AvgIpc) is 2.41. The standard InChI is InChI=1S/C15H16O3/c1-11-13(16)7-5-9-14(11)18-10-12-6-3-4-8-15(12)17-2/h3-9,16H,10H2,1-2H3. The zero-order valence-corrected chi connectivity index (χ0v) is 10.5. The molecule has 0 saturated heterocycles. The lowest BCUT2D eigenvalue weighted by Gasteiger charge is -2.12. The van der Waals surface area contributed by atoms with Gasteiger partial charge in [-0.15, -0.1) is 0 Å². The van der Waals surface area contributed by atoms with Crippen molar-refractivity contribution in [1.82, 2.24) is 0 Å². The van der Waals surface area contributed by atoms with Crippen LogP contribution in [0, 0.1) is 6.92 Å². The van der Waals surface area contributed by atoms with Crippen LogP contribution in [0.2, 0.25) is 0 Å². The van der Waals surface area contributed by atoms with E-state index in [0.717, 1.165) is 16.9 Å². The Hall–Kier alpha value is -2.16. The highest BCUT2D eigenvalue weighted by molar-refractivity contribution is 5.43. The van der Waals surface area contributed by atoms with Gasteiger partial charge in [0.1, 0.15) is 23.9 Å². The minimum absolute atomic E-state index is 0.243. The maximum absolute atomic E-state index is 9.59. The van der Waals surface area contributed by atoms with Gasteiger partial charge in [0, 0.05) is 11.1 Å². The van der Waals surface area contributed by atoms with Crippen molar-refractivity contribution in [3.63, 3.8) is 0 Å². The summed E-state index contributed by atoms with van der Waals surface area (Å²) in [7, 11) is 1.64. The lowest BCUT2D eigenvalue weighted by Crippen LogP contribution is -1.99. The van der Waals surface area contributed by atoms with Gasteiger partial charge in [0.05, 0.1) is 7.11 Å². The van der Waals surface area contributed by atoms with Gasteiger partial charge >= 0.3 is 0 Å². The van der Waals surface area contributed by atoms with Crippen molar-refractivity contribution in [3.8, 4) is 17.2 Å². The van der Waals surface area contributed by atoms with Gasteiger partial charge in [-0.2, -0.15) is 0 Å². The number of rotatable bonds is 4. The molecule has 94 valence electrons. The highest BCUT2D eigenvalue weighted by Crippen LogP contribution is 2.27. The average molecular weight is 244 g/mol. The van der Waals surface area contributed by atoms with Gasteiger partial charge in [-0.25, -0.2) is 0 Å². The molecule has 2 aromatic carbocycles. The Balaban J connectivity index is 2.14. The van der Waals surface area contributed by atoms with E-state index in [0.29, 0.717) is 12.4 Å². The molecule has 0 atom stereocenters. The largest absolute Gasteiger partial charge is 0.508 e. The van der Waals surface area contributed by atoms with Crippen molar-refractivity contribution in [2.75, 3.05) is 7.11 Å². The molecule has 0 saturated carbocycles. The first-order chi connectivity index (χ1) is 8.72. The molecular formula is C15H16O3. The molecule has 0 heterocycles. The zero-order chi connectivity index (χ0) is 13.0. The van der Waals surface area contributed by atoms with Crippen molar-refractivity contribution in [2.24, 2.45) is 0 Å². The van der Waals surface area contributed by atoms with Crippen LogP contribution in [0.25, 0.3) is 0 Å². The Morgan fingerprint density at radius 3 is 2.50 bits per heavy atom. The summed E-state index contributed by atoms with van der Waals surface area (Å²) in [6, 6.07) is 13.0. The molecule has 0 spiro atoms. The lowest BCUT2D eigenvalue weighted by molar-refractivity contribution is 0.293. The van der Waals surface area contributed by atoms with E-state index in [-0.39, 0.29) is 5.75 Å². The van der Waals surface area contributed by atoms with Crippen LogP contribution in [0.5, 0.6) is 17.2 Å². The number of hydrogen-bond donors (Lipinski definition) is 1. The van der Waals surface area contributed by atoms with E-state index in [2.05, 4.69) is 0 Å². The summed E-state index contributed by atoms with van der Waals surface area (Å²) >= 11 is 0. The summed E-state index contributed by atoms with van der Waals surface area (Å²) in [6.45, 7) is 2.24. The Kier molecular flexibility index (Phi) is 3.72. The van der Waals surface area contributed by atoms with Gasteiger partial charge in [0.15, 0.2) is 0 Å². The van der Waals surface area contributed by atoms with Crippen LogP contribution in [-0.2, 0) is 6.61 Å². The van der Waals surface area contributed by atoms with Crippen LogP contribution in [0.4, 0.5) is 0 Å². The van der Waals surface area contributed by atoms with Crippen LogP contribution < -0.4 is 9.47 Å². The molecule has 0 amide bonds. The topological polar surface area (TPSA) is 38.7 Å². The van der Waals surface area contributed by atoms with Crippen molar-refractivity contribution in [1.29, 1.82) is 0 Å². The third-order valence-corrected chi connectivity index (χ3v) is 2.83. The highest BCUT2D eigenvalue weighted by atomic mass is 16.5. The van der Waals surface area contributed by atoms with E-state index in [1.807, 2.05) is 37.3 Å².